The number of benzene rings is 5. The Morgan fingerprint density at radius 3 is 1.88 bits per heavy atom. The predicted molar refractivity (Wildman–Crippen MR) is 134 cm³/mol. The van der Waals surface area contributed by atoms with E-state index < -0.39 is 0 Å². The Kier molecular flexibility index (Phi) is 4.47. The Hall–Kier alpha value is -4.30. The van der Waals surface area contributed by atoms with Gasteiger partial charge in [-0.3, -0.25) is 0 Å². The Balaban J connectivity index is 1.52. The summed E-state index contributed by atoms with van der Waals surface area (Å²) in [7, 11) is 0. The van der Waals surface area contributed by atoms with Crippen molar-refractivity contribution in [1.82, 2.24) is 0 Å². The molecule has 1 heterocycles. The summed E-state index contributed by atoms with van der Waals surface area (Å²) in [5, 5.41) is 6.00. The third kappa shape index (κ3) is 3.14. The summed E-state index contributed by atoms with van der Waals surface area (Å²) >= 11 is 0. The topological polar surface area (TPSA) is 25.2 Å². The molecule has 0 unspecified atom stereocenters. The van der Waals surface area contributed by atoms with Crippen molar-refractivity contribution in [2.45, 2.75) is 0 Å². The predicted octanol–water partition coefficient (Wildman–Crippen LogP) is 8.66. The molecule has 6 rings (SSSR count). The number of hydrogen-bond donors (Lipinski definition) is 1. The van der Waals surface area contributed by atoms with Crippen LogP contribution in [0.1, 0.15) is 0 Å². The highest BCUT2D eigenvalue weighted by molar-refractivity contribution is 6.13. The number of para-hydroxylation sites is 3. The van der Waals surface area contributed by atoms with E-state index >= 15 is 0 Å². The van der Waals surface area contributed by atoms with Gasteiger partial charge in [-0.1, -0.05) is 97.1 Å². The minimum atomic E-state index is 0.906. The molecule has 0 fully saturated rings. The first-order valence-corrected chi connectivity index (χ1v) is 10.8. The Morgan fingerprint density at radius 2 is 1.03 bits per heavy atom. The van der Waals surface area contributed by atoms with Gasteiger partial charge in [0.2, 0.25) is 0 Å². The number of nitrogens with one attached hydrogen (secondary N) is 1. The maximum Gasteiger partial charge on any atom is 0.136 e. The van der Waals surface area contributed by atoms with Gasteiger partial charge in [0, 0.05) is 33.3 Å². The van der Waals surface area contributed by atoms with Crippen molar-refractivity contribution in [2.75, 3.05) is 5.32 Å². The molecule has 0 radical (unpaired) electrons. The normalized spacial score (nSPS) is 11.1. The van der Waals surface area contributed by atoms with Crippen molar-refractivity contribution >= 4 is 33.3 Å². The number of anilines is 2. The maximum atomic E-state index is 6.13. The van der Waals surface area contributed by atoms with Crippen molar-refractivity contribution in [2.24, 2.45) is 0 Å². The first-order valence-electron chi connectivity index (χ1n) is 10.8. The molecule has 0 amide bonds. The van der Waals surface area contributed by atoms with Crippen LogP contribution in [0.15, 0.2) is 126 Å². The van der Waals surface area contributed by atoms with E-state index in [0.717, 1.165) is 44.4 Å². The van der Waals surface area contributed by atoms with Gasteiger partial charge in [-0.05, 0) is 35.4 Å². The van der Waals surface area contributed by atoms with Gasteiger partial charge in [-0.2, -0.15) is 0 Å². The molecule has 0 aliphatic carbocycles. The monoisotopic (exact) mass is 411 g/mol. The van der Waals surface area contributed by atoms with Crippen molar-refractivity contribution in [3.05, 3.63) is 121 Å². The summed E-state index contributed by atoms with van der Waals surface area (Å²) < 4.78 is 6.13. The molecule has 152 valence electrons. The zero-order chi connectivity index (χ0) is 21.3. The first-order chi connectivity index (χ1) is 15.9. The highest BCUT2D eigenvalue weighted by atomic mass is 16.3. The Labute approximate surface area is 186 Å². The van der Waals surface area contributed by atoms with Gasteiger partial charge in [-0.25, -0.2) is 0 Å². The molecule has 1 aromatic heterocycles. The van der Waals surface area contributed by atoms with Gasteiger partial charge in [0.25, 0.3) is 0 Å². The molecule has 0 spiro atoms. The lowest BCUT2D eigenvalue weighted by Crippen LogP contribution is -1.96. The minimum absolute atomic E-state index is 0.906. The van der Waals surface area contributed by atoms with Crippen LogP contribution in [0.3, 0.4) is 0 Å². The van der Waals surface area contributed by atoms with Crippen LogP contribution in [0.2, 0.25) is 0 Å². The minimum Gasteiger partial charge on any atom is -0.456 e. The molecule has 0 saturated heterocycles. The Bertz CT molecular complexity index is 1550. The van der Waals surface area contributed by atoms with Crippen LogP contribution >= 0.6 is 0 Å². The quantitative estimate of drug-likeness (QED) is 0.314. The molecular formula is C30H21NO. The van der Waals surface area contributed by atoms with Crippen molar-refractivity contribution in [3.8, 4) is 22.3 Å². The van der Waals surface area contributed by atoms with E-state index in [-0.39, 0.29) is 0 Å². The molecule has 2 heteroatoms. The molecule has 0 aliphatic rings. The van der Waals surface area contributed by atoms with Crippen LogP contribution in [0, 0.1) is 0 Å². The standard InChI is InChI=1S/C30H21NO/c1-2-11-21(12-3-1)22-13-4-7-17-26(22)31-27-18-8-5-14-23(27)24-16-10-20-29-30(24)25-15-6-9-19-28(25)32-29/h1-20,31H. The summed E-state index contributed by atoms with van der Waals surface area (Å²) in [5.41, 5.74) is 8.63. The van der Waals surface area contributed by atoms with E-state index in [9.17, 15) is 0 Å². The summed E-state index contributed by atoms with van der Waals surface area (Å²) in [6.45, 7) is 0. The third-order valence-electron chi connectivity index (χ3n) is 5.90. The second-order valence-corrected chi connectivity index (χ2v) is 7.86. The summed E-state index contributed by atoms with van der Waals surface area (Å²) in [6, 6.07) is 41.9. The molecule has 1 N–H and O–H groups in total. The van der Waals surface area contributed by atoms with E-state index in [4.69, 9.17) is 4.42 Å². The lowest BCUT2D eigenvalue weighted by molar-refractivity contribution is 0.669. The van der Waals surface area contributed by atoms with Crippen LogP contribution in [0.4, 0.5) is 11.4 Å². The SMILES string of the molecule is c1ccc(-c2ccccc2Nc2ccccc2-c2cccc3oc4ccccc4c23)cc1. The van der Waals surface area contributed by atoms with Crippen molar-refractivity contribution in [1.29, 1.82) is 0 Å². The molecule has 32 heavy (non-hydrogen) atoms. The van der Waals surface area contributed by atoms with E-state index in [2.05, 4.69) is 102 Å². The Morgan fingerprint density at radius 1 is 0.438 bits per heavy atom. The lowest BCUT2D eigenvalue weighted by Gasteiger charge is -2.16. The van der Waals surface area contributed by atoms with Crippen molar-refractivity contribution < 1.29 is 4.42 Å². The molecule has 5 aromatic carbocycles. The lowest BCUT2D eigenvalue weighted by atomic mass is 9.97. The molecule has 2 nitrogen and oxygen atoms in total. The smallest absolute Gasteiger partial charge is 0.136 e. The number of hydrogen-bond acceptors (Lipinski definition) is 2. The van der Waals surface area contributed by atoms with Gasteiger partial charge in [0.05, 0.1) is 0 Å². The number of furan rings is 1. The number of fused-ring (bicyclic) bond motifs is 3. The van der Waals surface area contributed by atoms with E-state index in [0.29, 0.717) is 0 Å². The average molecular weight is 412 g/mol. The second kappa shape index (κ2) is 7.75. The summed E-state index contributed by atoms with van der Waals surface area (Å²) in [6.07, 6.45) is 0. The molecule has 0 saturated carbocycles. The van der Waals surface area contributed by atoms with Crippen molar-refractivity contribution in [3.63, 3.8) is 0 Å². The molecule has 0 aliphatic heterocycles. The molecule has 6 aromatic rings. The molecule has 0 bridgehead atoms. The fourth-order valence-corrected chi connectivity index (χ4v) is 4.43. The van der Waals surface area contributed by atoms with E-state index in [1.807, 2.05) is 24.3 Å². The third-order valence-corrected chi connectivity index (χ3v) is 5.90. The molecule has 0 atom stereocenters. The van der Waals surface area contributed by atoms with Gasteiger partial charge in [0.15, 0.2) is 0 Å². The fourth-order valence-electron chi connectivity index (χ4n) is 4.43. The maximum absolute atomic E-state index is 6.13. The zero-order valence-corrected chi connectivity index (χ0v) is 17.5. The van der Waals surface area contributed by atoms with Gasteiger partial charge in [-0.15, -0.1) is 0 Å². The van der Waals surface area contributed by atoms with E-state index in [1.165, 1.54) is 11.1 Å². The van der Waals surface area contributed by atoms with Crippen LogP contribution in [-0.4, -0.2) is 0 Å². The van der Waals surface area contributed by atoms with Crippen LogP contribution < -0.4 is 5.32 Å². The van der Waals surface area contributed by atoms with Crippen LogP contribution in [0.5, 0.6) is 0 Å². The highest BCUT2D eigenvalue weighted by Gasteiger charge is 2.15. The van der Waals surface area contributed by atoms with Crippen LogP contribution in [0.25, 0.3) is 44.2 Å². The zero-order valence-electron chi connectivity index (χ0n) is 17.5. The molecular weight excluding hydrogens is 390 g/mol. The van der Waals surface area contributed by atoms with E-state index in [1.54, 1.807) is 0 Å². The number of rotatable bonds is 4. The first kappa shape index (κ1) is 18.5. The largest absolute Gasteiger partial charge is 0.456 e. The fraction of sp³-hybridized carbons (Fsp3) is 0. The second-order valence-electron chi connectivity index (χ2n) is 7.86. The van der Waals surface area contributed by atoms with Gasteiger partial charge < -0.3 is 9.73 Å². The van der Waals surface area contributed by atoms with Gasteiger partial charge in [0.1, 0.15) is 11.2 Å². The summed E-state index contributed by atoms with van der Waals surface area (Å²) in [5.74, 6) is 0. The average Bonchev–Trinajstić information content (AvgIpc) is 3.24. The summed E-state index contributed by atoms with van der Waals surface area (Å²) in [4.78, 5) is 0. The highest BCUT2D eigenvalue weighted by Crippen LogP contribution is 2.40. The van der Waals surface area contributed by atoms with Gasteiger partial charge >= 0.3 is 0 Å². The van der Waals surface area contributed by atoms with Crippen LogP contribution in [-0.2, 0) is 0 Å².